The molecule has 1 amide bonds. The fourth-order valence-corrected chi connectivity index (χ4v) is 2.22. The van der Waals surface area contributed by atoms with Gasteiger partial charge >= 0.3 is 0 Å². The number of rotatable bonds is 2. The number of nitrogens with zero attached hydrogens (tertiary/aromatic N) is 1. The molecule has 1 fully saturated rings. The Morgan fingerprint density at radius 3 is 2.88 bits per heavy atom. The van der Waals surface area contributed by atoms with Crippen molar-refractivity contribution in [2.75, 3.05) is 24.5 Å². The number of nitrogens with two attached hydrogens (primary N) is 1. The molecule has 0 aromatic heterocycles. The lowest BCUT2D eigenvalue weighted by atomic mass is 10.1. The van der Waals surface area contributed by atoms with Crippen molar-refractivity contribution in [2.45, 2.75) is 13.0 Å². The van der Waals surface area contributed by atoms with Crippen LogP contribution >= 0.6 is 11.6 Å². The Labute approximate surface area is 106 Å². The molecule has 1 aromatic carbocycles. The van der Waals surface area contributed by atoms with Crippen LogP contribution in [-0.2, 0) is 4.79 Å². The van der Waals surface area contributed by atoms with Crippen LogP contribution in [0.5, 0.6) is 0 Å². The Morgan fingerprint density at radius 1 is 1.53 bits per heavy atom. The van der Waals surface area contributed by atoms with Crippen molar-refractivity contribution in [3.05, 3.63) is 28.8 Å². The number of benzene rings is 1. The van der Waals surface area contributed by atoms with Crippen molar-refractivity contribution in [3.63, 3.8) is 0 Å². The summed E-state index contributed by atoms with van der Waals surface area (Å²) in [5.41, 5.74) is 7.69. The molecule has 0 radical (unpaired) electrons. The molecule has 92 valence electrons. The summed E-state index contributed by atoms with van der Waals surface area (Å²) in [6.45, 7) is 3.71. The lowest BCUT2D eigenvalue weighted by molar-refractivity contribution is -0.120. The largest absolute Gasteiger partial charge is 0.359 e. The maximum absolute atomic E-state index is 11.3. The van der Waals surface area contributed by atoms with E-state index in [4.69, 9.17) is 17.3 Å². The van der Waals surface area contributed by atoms with E-state index in [0.717, 1.165) is 17.8 Å². The van der Waals surface area contributed by atoms with E-state index in [1.54, 1.807) is 0 Å². The van der Waals surface area contributed by atoms with Crippen LogP contribution in [0.4, 0.5) is 5.69 Å². The lowest BCUT2D eigenvalue weighted by Gasteiger charge is -2.29. The first-order valence-corrected chi connectivity index (χ1v) is 6.02. The minimum atomic E-state index is -0.0359. The van der Waals surface area contributed by atoms with Crippen LogP contribution in [0.3, 0.4) is 0 Å². The second-order valence-electron chi connectivity index (χ2n) is 4.27. The molecule has 1 atom stereocenters. The second-order valence-corrected chi connectivity index (χ2v) is 4.68. The van der Waals surface area contributed by atoms with Crippen LogP contribution in [0.1, 0.15) is 18.5 Å². The predicted octanol–water partition coefficient (Wildman–Crippen LogP) is 1.30. The highest BCUT2D eigenvalue weighted by molar-refractivity contribution is 6.33. The Bertz CT molecular complexity index is 434. The third-order valence-corrected chi connectivity index (χ3v) is 3.18. The molecule has 4 nitrogen and oxygen atoms in total. The number of carbonyl (C=O) groups is 1. The smallest absolute Gasteiger partial charge is 0.239 e. The molecule has 1 aliphatic heterocycles. The van der Waals surface area contributed by atoms with Crippen LogP contribution in [0.2, 0.25) is 5.02 Å². The topological polar surface area (TPSA) is 58.4 Å². The number of nitrogens with one attached hydrogen (secondary N) is 1. The number of piperazine rings is 1. The van der Waals surface area contributed by atoms with E-state index in [-0.39, 0.29) is 11.9 Å². The van der Waals surface area contributed by atoms with Crippen LogP contribution < -0.4 is 16.0 Å². The zero-order valence-electron chi connectivity index (χ0n) is 9.74. The number of hydrogen-bond acceptors (Lipinski definition) is 3. The van der Waals surface area contributed by atoms with Gasteiger partial charge in [-0.15, -0.1) is 0 Å². The van der Waals surface area contributed by atoms with Crippen molar-refractivity contribution in [1.29, 1.82) is 0 Å². The fraction of sp³-hybridized carbons (Fsp3) is 0.417. The molecule has 0 unspecified atom stereocenters. The zero-order valence-corrected chi connectivity index (χ0v) is 10.5. The lowest BCUT2D eigenvalue weighted by Crippen LogP contribution is -2.47. The maximum atomic E-state index is 11.3. The van der Waals surface area contributed by atoms with E-state index < -0.39 is 0 Å². The molecule has 1 aromatic rings. The number of hydrogen-bond donors (Lipinski definition) is 2. The van der Waals surface area contributed by atoms with E-state index in [0.29, 0.717) is 18.1 Å². The van der Waals surface area contributed by atoms with Crippen molar-refractivity contribution >= 4 is 23.2 Å². The van der Waals surface area contributed by atoms with Crippen molar-refractivity contribution in [2.24, 2.45) is 5.73 Å². The highest BCUT2D eigenvalue weighted by Crippen LogP contribution is 2.28. The van der Waals surface area contributed by atoms with Gasteiger partial charge in [0.15, 0.2) is 0 Å². The first-order chi connectivity index (χ1) is 8.08. The van der Waals surface area contributed by atoms with Crippen LogP contribution in [0, 0.1) is 0 Å². The summed E-state index contributed by atoms with van der Waals surface area (Å²) in [5, 5.41) is 3.43. The highest BCUT2D eigenvalue weighted by Gasteiger charge is 2.18. The summed E-state index contributed by atoms with van der Waals surface area (Å²) < 4.78 is 0. The Kier molecular flexibility index (Phi) is 3.54. The van der Waals surface area contributed by atoms with Gasteiger partial charge in [-0.1, -0.05) is 17.7 Å². The van der Waals surface area contributed by atoms with Gasteiger partial charge < -0.3 is 16.0 Å². The highest BCUT2D eigenvalue weighted by atomic mass is 35.5. The minimum absolute atomic E-state index is 0.0311. The van der Waals surface area contributed by atoms with Gasteiger partial charge in [0.25, 0.3) is 0 Å². The average Bonchev–Trinajstić information content (AvgIpc) is 2.28. The number of halogens is 1. The van der Waals surface area contributed by atoms with Gasteiger partial charge in [-0.2, -0.15) is 0 Å². The SMILES string of the molecule is C[C@H](N)c1ccc(N2CCNC(=O)C2)c(Cl)c1. The van der Waals surface area contributed by atoms with Gasteiger partial charge in [-0.05, 0) is 24.6 Å². The average molecular weight is 254 g/mol. The van der Waals surface area contributed by atoms with Gasteiger partial charge in [-0.3, -0.25) is 4.79 Å². The van der Waals surface area contributed by atoms with Crippen LogP contribution in [0.25, 0.3) is 0 Å². The molecule has 0 saturated carbocycles. The van der Waals surface area contributed by atoms with Crippen LogP contribution in [0.15, 0.2) is 18.2 Å². The summed E-state index contributed by atoms with van der Waals surface area (Å²) in [4.78, 5) is 13.3. The summed E-state index contributed by atoms with van der Waals surface area (Å²) in [7, 11) is 0. The summed E-state index contributed by atoms with van der Waals surface area (Å²) in [6.07, 6.45) is 0. The number of anilines is 1. The first kappa shape index (κ1) is 12.2. The molecule has 1 heterocycles. The van der Waals surface area contributed by atoms with E-state index in [2.05, 4.69) is 5.32 Å². The zero-order chi connectivity index (χ0) is 12.4. The normalized spacial score (nSPS) is 17.8. The molecule has 0 bridgehead atoms. The van der Waals surface area contributed by atoms with Crippen molar-refractivity contribution in [1.82, 2.24) is 5.32 Å². The molecular formula is C12H16ClN3O. The maximum Gasteiger partial charge on any atom is 0.239 e. The molecule has 1 saturated heterocycles. The third-order valence-electron chi connectivity index (χ3n) is 2.88. The van der Waals surface area contributed by atoms with Crippen LogP contribution in [-0.4, -0.2) is 25.5 Å². The summed E-state index contributed by atoms with van der Waals surface area (Å²) in [5.74, 6) is 0.0311. The van der Waals surface area contributed by atoms with Gasteiger partial charge in [0.2, 0.25) is 5.91 Å². The molecule has 2 rings (SSSR count). The summed E-state index contributed by atoms with van der Waals surface area (Å²) >= 11 is 6.23. The monoisotopic (exact) mass is 253 g/mol. The van der Waals surface area contributed by atoms with E-state index in [9.17, 15) is 4.79 Å². The number of amides is 1. The van der Waals surface area contributed by atoms with E-state index in [1.807, 2.05) is 30.0 Å². The van der Waals surface area contributed by atoms with Gasteiger partial charge in [0.05, 0.1) is 17.3 Å². The standard InChI is InChI=1S/C12H16ClN3O/c1-8(14)9-2-3-11(10(13)6-9)16-5-4-15-12(17)7-16/h2-3,6,8H,4-5,7,14H2,1H3,(H,15,17)/t8-/m0/s1. The predicted molar refractivity (Wildman–Crippen MR) is 69.3 cm³/mol. The number of carbonyl (C=O) groups excluding carboxylic acids is 1. The quantitative estimate of drug-likeness (QED) is 0.835. The van der Waals surface area contributed by atoms with Crippen molar-refractivity contribution < 1.29 is 4.79 Å². The Morgan fingerprint density at radius 2 is 2.29 bits per heavy atom. The molecule has 0 spiro atoms. The summed E-state index contributed by atoms with van der Waals surface area (Å²) in [6, 6.07) is 5.72. The first-order valence-electron chi connectivity index (χ1n) is 5.64. The van der Waals surface area contributed by atoms with Crippen molar-refractivity contribution in [3.8, 4) is 0 Å². The molecule has 0 aliphatic carbocycles. The minimum Gasteiger partial charge on any atom is -0.359 e. The second kappa shape index (κ2) is 4.94. The molecule has 1 aliphatic rings. The molecule has 17 heavy (non-hydrogen) atoms. The van der Waals surface area contributed by atoms with E-state index >= 15 is 0 Å². The molecular weight excluding hydrogens is 238 g/mol. The molecule has 3 N–H and O–H groups in total. The Balaban J connectivity index is 2.23. The third kappa shape index (κ3) is 2.70. The van der Waals surface area contributed by atoms with Gasteiger partial charge in [-0.25, -0.2) is 0 Å². The van der Waals surface area contributed by atoms with Gasteiger partial charge in [0, 0.05) is 19.1 Å². The van der Waals surface area contributed by atoms with E-state index in [1.165, 1.54) is 0 Å². The molecule has 5 heteroatoms. The fourth-order valence-electron chi connectivity index (χ4n) is 1.91. The van der Waals surface area contributed by atoms with Gasteiger partial charge in [0.1, 0.15) is 0 Å². The Hall–Kier alpha value is -1.26.